The topological polar surface area (TPSA) is 78.5 Å². The molecule has 3 rings (SSSR count). The van der Waals surface area contributed by atoms with Crippen molar-refractivity contribution in [1.82, 2.24) is 5.32 Å². The molecule has 0 radical (unpaired) electrons. The van der Waals surface area contributed by atoms with Crippen molar-refractivity contribution in [2.75, 3.05) is 23.3 Å². The zero-order valence-electron chi connectivity index (χ0n) is 15.5. The van der Waals surface area contributed by atoms with Crippen molar-refractivity contribution in [3.8, 4) is 0 Å². The molecule has 26 heavy (non-hydrogen) atoms. The summed E-state index contributed by atoms with van der Waals surface area (Å²) in [5, 5.41) is 5.28. The van der Waals surface area contributed by atoms with Crippen LogP contribution >= 0.6 is 0 Å². The van der Waals surface area contributed by atoms with E-state index in [1.54, 1.807) is 6.07 Å². The highest BCUT2D eigenvalue weighted by Crippen LogP contribution is 2.36. The normalized spacial score (nSPS) is 16.2. The SMILES string of the molecule is CC(C)CCNC(=O)C(=O)Nc1ccc2c(c1)N(C(=O)C1CC1)CCC2. The first-order valence-electron chi connectivity index (χ1n) is 9.49. The lowest BCUT2D eigenvalue weighted by Gasteiger charge is -2.30. The van der Waals surface area contributed by atoms with Gasteiger partial charge in [-0.05, 0) is 55.7 Å². The second-order valence-electron chi connectivity index (χ2n) is 7.60. The molecule has 0 spiro atoms. The Morgan fingerprint density at radius 2 is 1.96 bits per heavy atom. The smallest absolute Gasteiger partial charge is 0.313 e. The quantitative estimate of drug-likeness (QED) is 0.795. The first-order valence-corrected chi connectivity index (χ1v) is 9.49. The van der Waals surface area contributed by atoms with Crippen molar-refractivity contribution < 1.29 is 14.4 Å². The summed E-state index contributed by atoms with van der Waals surface area (Å²) >= 11 is 0. The van der Waals surface area contributed by atoms with Crippen LogP contribution in [0.3, 0.4) is 0 Å². The fourth-order valence-electron chi connectivity index (χ4n) is 3.17. The fourth-order valence-corrected chi connectivity index (χ4v) is 3.17. The number of amides is 3. The van der Waals surface area contributed by atoms with Crippen LogP contribution in [0.4, 0.5) is 11.4 Å². The molecule has 2 N–H and O–H groups in total. The predicted molar refractivity (Wildman–Crippen MR) is 101 cm³/mol. The van der Waals surface area contributed by atoms with Gasteiger partial charge >= 0.3 is 11.8 Å². The molecule has 1 fully saturated rings. The maximum absolute atomic E-state index is 12.5. The van der Waals surface area contributed by atoms with Gasteiger partial charge in [-0.3, -0.25) is 14.4 Å². The molecule has 1 aliphatic heterocycles. The van der Waals surface area contributed by atoms with E-state index in [2.05, 4.69) is 24.5 Å². The first kappa shape index (κ1) is 18.4. The van der Waals surface area contributed by atoms with Crippen LogP contribution in [0.5, 0.6) is 0 Å². The lowest BCUT2D eigenvalue weighted by Crippen LogP contribution is -2.37. The summed E-state index contributed by atoms with van der Waals surface area (Å²) in [4.78, 5) is 38.3. The number of carbonyl (C=O) groups is 3. The van der Waals surface area contributed by atoms with Crippen LogP contribution in [0, 0.1) is 11.8 Å². The Balaban J connectivity index is 1.65. The largest absolute Gasteiger partial charge is 0.348 e. The van der Waals surface area contributed by atoms with Crippen LogP contribution in [0.2, 0.25) is 0 Å². The molecule has 1 aromatic carbocycles. The molecule has 6 heteroatoms. The number of benzene rings is 1. The summed E-state index contributed by atoms with van der Waals surface area (Å²) in [6.07, 6.45) is 4.65. The number of fused-ring (bicyclic) bond motifs is 1. The Kier molecular flexibility index (Phi) is 5.59. The van der Waals surface area contributed by atoms with Gasteiger partial charge in [0.1, 0.15) is 0 Å². The van der Waals surface area contributed by atoms with Gasteiger partial charge in [0, 0.05) is 30.4 Å². The van der Waals surface area contributed by atoms with Gasteiger partial charge in [-0.15, -0.1) is 0 Å². The molecule has 140 valence electrons. The van der Waals surface area contributed by atoms with E-state index in [1.807, 2.05) is 17.0 Å². The highest BCUT2D eigenvalue weighted by molar-refractivity contribution is 6.39. The lowest BCUT2D eigenvalue weighted by atomic mass is 10.0. The molecule has 1 aromatic rings. The van der Waals surface area contributed by atoms with Crippen LogP contribution in [0.25, 0.3) is 0 Å². The first-order chi connectivity index (χ1) is 12.5. The molecule has 1 saturated carbocycles. The highest BCUT2D eigenvalue weighted by Gasteiger charge is 2.35. The van der Waals surface area contributed by atoms with Crippen LogP contribution in [-0.2, 0) is 20.8 Å². The maximum atomic E-state index is 12.5. The lowest BCUT2D eigenvalue weighted by molar-refractivity contribution is -0.136. The minimum absolute atomic E-state index is 0.158. The number of aryl methyl sites for hydroxylation is 1. The fraction of sp³-hybridized carbons (Fsp3) is 0.550. The van der Waals surface area contributed by atoms with Gasteiger partial charge < -0.3 is 15.5 Å². The highest BCUT2D eigenvalue weighted by atomic mass is 16.2. The van der Waals surface area contributed by atoms with Crippen molar-refractivity contribution in [2.45, 2.75) is 46.0 Å². The minimum atomic E-state index is -0.676. The minimum Gasteiger partial charge on any atom is -0.348 e. The summed E-state index contributed by atoms with van der Waals surface area (Å²) in [6, 6.07) is 5.55. The summed E-state index contributed by atoms with van der Waals surface area (Å²) in [7, 11) is 0. The second kappa shape index (κ2) is 7.89. The Hall–Kier alpha value is -2.37. The molecular formula is C20H27N3O3. The van der Waals surface area contributed by atoms with Crippen LogP contribution in [0.1, 0.15) is 45.1 Å². The van der Waals surface area contributed by atoms with E-state index in [1.165, 1.54) is 0 Å². The van der Waals surface area contributed by atoms with E-state index >= 15 is 0 Å². The molecule has 0 aromatic heterocycles. The molecule has 0 bridgehead atoms. The molecule has 0 atom stereocenters. The van der Waals surface area contributed by atoms with Crippen LogP contribution in [0.15, 0.2) is 18.2 Å². The third-order valence-corrected chi connectivity index (χ3v) is 4.87. The number of nitrogens with one attached hydrogen (secondary N) is 2. The molecule has 3 amide bonds. The van der Waals surface area contributed by atoms with Gasteiger partial charge in [0.2, 0.25) is 5.91 Å². The van der Waals surface area contributed by atoms with Crippen molar-refractivity contribution in [2.24, 2.45) is 11.8 Å². The van der Waals surface area contributed by atoms with E-state index in [4.69, 9.17) is 0 Å². The van der Waals surface area contributed by atoms with E-state index < -0.39 is 11.8 Å². The number of hydrogen-bond donors (Lipinski definition) is 2. The average Bonchev–Trinajstić information content (AvgIpc) is 3.45. The number of carbonyl (C=O) groups excluding carboxylic acids is 3. The molecular weight excluding hydrogens is 330 g/mol. The standard InChI is InChI=1S/C20H27N3O3/c1-13(2)9-10-21-18(24)19(25)22-16-8-7-14-4-3-11-23(17(14)12-16)20(26)15-5-6-15/h7-8,12-13,15H,3-6,9-11H2,1-2H3,(H,21,24)(H,22,25). The molecule has 1 heterocycles. The second-order valence-corrected chi connectivity index (χ2v) is 7.60. The van der Waals surface area contributed by atoms with Crippen LogP contribution < -0.4 is 15.5 Å². The number of anilines is 2. The van der Waals surface area contributed by atoms with Gasteiger partial charge in [-0.2, -0.15) is 0 Å². The summed E-state index contributed by atoms with van der Waals surface area (Å²) in [6.45, 7) is 5.33. The third kappa shape index (κ3) is 4.42. The van der Waals surface area contributed by atoms with Gasteiger partial charge in [0.15, 0.2) is 0 Å². The molecule has 2 aliphatic rings. The number of nitrogens with zero attached hydrogens (tertiary/aromatic N) is 1. The molecule has 0 saturated heterocycles. The average molecular weight is 357 g/mol. The Morgan fingerprint density at radius 3 is 2.65 bits per heavy atom. The third-order valence-electron chi connectivity index (χ3n) is 4.87. The van der Waals surface area contributed by atoms with E-state index in [0.29, 0.717) is 18.2 Å². The zero-order chi connectivity index (χ0) is 18.7. The Morgan fingerprint density at radius 1 is 1.19 bits per heavy atom. The van der Waals surface area contributed by atoms with Crippen molar-refractivity contribution in [1.29, 1.82) is 0 Å². The maximum Gasteiger partial charge on any atom is 0.313 e. The van der Waals surface area contributed by atoms with Gasteiger partial charge in [0.05, 0.1) is 0 Å². The molecule has 1 aliphatic carbocycles. The summed E-state index contributed by atoms with van der Waals surface area (Å²) < 4.78 is 0. The van der Waals surface area contributed by atoms with Crippen molar-refractivity contribution in [3.63, 3.8) is 0 Å². The Labute approximate surface area is 154 Å². The van der Waals surface area contributed by atoms with Crippen molar-refractivity contribution in [3.05, 3.63) is 23.8 Å². The summed E-state index contributed by atoms with van der Waals surface area (Å²) in [5.74, 6) is -0.500. The summed E-state index contributed by atoms with van der Waals surface area (Å²) in [5.41, 5.74) is 2.53. The monoisotopic (exact) mass is 357 g/mol. The van der Waals surface area contributed by atoms with E-state index in [-0.39, 0.29) is 11.8 Å². The Bertz CT molecular complexity index is 710. The van der Waals surface area contributed by atoms with Gasteiger partial charge in [0.25, 0.3) is 0 Å². The number of rotatable bonds is 5. The van der Waals surface area contributed by atoms with Crippen LogP contribution in [-0.4, -0.2) is 30.8 Å². The predicted octanol–water partition coefficient (Wildman–Crippen LogP) is 2.48. The molecule has 6 nitrogen and oxygen atoms in total. The molecule has 0 unspecified atom stereocenters. The zero-order valence-corrected chi connectivity index (χ0v) is 15.5. The van der Waals surface area contributed by atoms with E-state index in [0.717, 1.165) is 49.9 Å². The van der Waals surface area contributed by atoms with E-state index in [9.17, 15) is 14.4 Å². The van der Waals surface area contributed by atoms with Gasteiger partial charge in [-0.1, -0.05) is 19.9 Å². The van der Waals surface area contributed by atoms with Crippen molar-refractivity contribution >= 4 is 29.1 Å². The number of hydrogen-bond acceptors (Lipinski definition) is 3. The van der Waals surface area contributed by atoms with Gasteiger partial charge in [-0.25, -0.2) is 0 Å².